The van der Waals surface area contributed by atoms with Gasteiger partial charge in [-0.1, -0.05) is 50.8 Å². The third-order valence-electron chi connectivity index (χ3n) is 5.98. The van der Waals surface area contributed by atoms with Crippen molar-refractivity contribution in [1.82, 2.24) is 0 Å². The molecule has 0 N–H and O–H groups in total. The summed E-state index contributed by atoms with van der Waals surface area (Å²) in [4.78, 5) is 26.2. The topological polar surface area (TPSA) is 34.1 Å². The van der Waals surface area contributed by atoms with Gasteiger partial charge in [0.25, 0.3) is 0 Å². The van der Waals surface area contributed by atoms with Crippen molar-refractivity contribution >= 4 is 11.6 Å². The van der Waals surface area contributed by atoms with Gasteiger partial charge in [-0.2, -0.15) is 0 Å². The van der Waals surface area contributed by atoms with E-state index in [2.05, 4.69) is 32.9 Å². The Kier molecular flexibility index (Phi) is 4.44. The van der Waals surface area contributed by atoms with Gasteiger partial charge in [0, 0.05) is 11.8 Å². The lowest BCUT2D eigenvalue weighted by atomic mass is 9.71. The Morgan fingerprint density at radius 2 is 1.57 bits per heavy atom. The second-order valence-electron chi connectivity index (χ2n) is 7.49. The fourth-order valence-electron chi connectivity index (χ4n) is 4.83. The largest absolute Gasteiger partial charge is 0.298 e. The maximum atomic E-state index is 13.3. The van der Waals surface area contributed by atoms with Crippen molar-refractivity contribution in [2.24, 2.45) is 5.41 Å². The standard InChI is InChI=1S/C21H28O2/c1-4-15-11-14(3)12-16(5-2)18(15)19-17(22)13-21(20(19)23)9-7-6-8-10-21/h11-12,19H,4-10,13H2,1-3H3. The summed E-state index contributed by atoms with van der Waals surface area (Å²) in [7, 11) is 0. The van der Waals surface area contributed by atoms with Gasteiger partial charge in [0.2, 0.25) is 0 Å². The summed E-state index contributed by atoms with van der Waals surface area (Å²) in [6.07, 6.45) is 7.49. The molecular weight excluding hydrogens is 284 g/mol. The molecule has 2 fully saturated rings. The number of Topliss-reactive ketones (excluding diaryl/α,β-unsaturated/α-hetero) is 2. The number of ketones is 2. The van der Waals surface area contributed by atoms with Gasteiger partial charge in [-0.15, -0.1) is 0 Å². The molecule has 0 saturated heterocycles. The third-order valence-corrected chi connectivity index (χ3v) is 5.98. The van der Waals surface area contributed by atoms with Gasteiger partial charge in [-0.3, -0.25) is 9.59 Å². The molecule has 2 saturated carbocycles. The van der Waals surface area contributed by atoms with E-state index in [4.69, 9.17) is 0 Å². The van der Waals surface area contributed by atoms with E-state index in [9.17, 15) is 9.59 Å². The molecule has 0 radical (unpaired) electrons. The minimum Gasteiger partial charge on any atom is -0.298 e. The van der Waals surface area contributed by atoms with E-state index in [1.165, 1.54) is 23.1 Å². The number of benzene rings is 1. The highest BCUT2D eigenvalue weighted by atomic mass is 16.2. The van der Waals surface area contributed by atoms with Gasteiger partial charge >= 0.3 is 0 Å². The van der Waals surface area contributed by atoms with Crippen LogP contribution in [-0.4, -0.2) is 11.6 Å². The second-order valence-corrected chi connectivity index (χ2v) is 7.49. The molecule has 1 atom stereocenters. The molecular formula is C21H28O2. The maximum absolute atomic E-state index is 13.3. The minimum atomic E-state index is -0.487. The van der Waals surface area contributed by atoms with Crippen LogP contribution in [0.5, 0.6) is 0 Å². The van der Waals surface area contributed by atoms with Crippen molar-refractivity contribution in [3.05, 3.63) is 34.4 Å². The Labute approximate surface area is 139 Å². The molecule has 1 aromatic carbocycles. The summed E-state index contributed by atoms with van der Waals surface area (Å²) < 4.78 is 0. The van der Waals surface area contributed by atoms with Crippen LogP contribution in [0.1, 0.15) is 80.5 Å². The minimum absolute atomic E-state index is 0.171. The Bertz CT molecular complexity index is 610. The zero-order valence-electron chi connectivity index (χ0n) is 14.7. The lowest BCUT2D eigenvalue weighted by Gasteiger charge is -2.31. The van der Waals surface area contributed by atoms with Crippen LogP contribution in [0.4, 0.5) is 0 Å². The molecule has 0 amide bonds. The van der Waals surface area contributed by atoms with Crippen LogP contribution in [0.3, 0.4) is 0 Å². The maximum Gasteiger partial charge on any atom is 0.154 e. The predicted molar refractivity (Wildman–Crippen MR) is 92.8 cm³/mol. The summed E-state index contributed by atoms with van der Waals surface area (Å²) in [5.41, 5.74) is 4.34. The predicted octanol–water partition coefficient (Wildman–Crippen LogP) is 4.70. The van der Waals surface area contributed by atoms with Crippen LogP contribution in [0.2, 0.25) is 0 Å². The zero-order valence-corrected chi connectivity index (χ0v) is 14.7. The van der Waals surface area contributed by atoms with Gasteiger partial charge in [0.1, 0.15) is 11.7 Å². The number of aryl methyl sites for hydroxylation is 3. The summed E-state index contributed by atoms with van der Waals surface area (Å²) in [5.74, 6) is -0.0841. The number of carbonyl (C=O) groups is 2. The molecule has 23 heavy (non-hydrogen) atoms. The van der Waals surface area contributed by atoms with Gasteiger partial charge in [-0.05, 0) is 49.3 Å². The number of rotatable bonds is 3. The van der Waals surface area contributed by atoms with Gasteiger partial charge < -0.3 is 0 Å². The van der Waals surface area contributed by atoms with Crippen LogP contribution < -0.4 is 0 Å². The van der Waals surface area contributed by atoms with Gasteiger partial charge in [0.05, 0.1) is 0 Å². The Morgan fingerprint density at radius 1 is 1.00 bits per heavy atom. The van der Waals surface area contributed by atoms with Gasteiger partial charge in [0.15, 0.2) is 5.78 Å². The lowest BCUT2D eigenvalue weighted by Crippen LogP contribution is -2.31. The first-order chi connectivity index (χ1) is 11.0. The summed E-state index contributed by atoms with van der Waals surface area (Å²) in [6.45, 7) is 6.35. The molecule has 0 heterocycles. The fourth-order valence-corrected chi connectivity index (χ4v) is 4.83. The average Bonchev–Trinajstić information content (AvgIpc) is 2.78. The molecule has 0 aromatic heterocycles. The molecule has 3 rings (SSSR count). The van der Waals surface area contributed by atoms with Crippen molar-refractivity contribution in [2.75, 3.05) is 0 Å². The van der Waals surface area contributed by atoms with Crippen LogP contribution in [0, 0.1) is 12.3 Å². The van der Waals surface area contributed by atoms with E-state index in [1.54, 1.807) is 0 Å². The van der Waals surface area contributed by atoms with E-state index in [0.717, 1.165) is 44.1 Å². The zero-order chi connectivity index (χ0) is 16.6. The number of hydrogen-bond donors (Lipinski definition) is 0. The lowest BCUT2D eigenvalue weighted by molar-refractivity contribution is -0.129. The summed E-state index contributed by atoms with van der Waals surface area (Å²) >= 11 is 0. The first-order valence-electron chi connectivity index (χ1n) is 9.21. The first kappa shape index (κ1) is 16.4. The van der Waals surface area contributed by atoms with Crippen molar-refractivity contribution in [3.8, 4) is 0 Å². The Hall–Kier alpha value is -1.44. The number of hydrogen-bond acceptors (Lipinski definition) is 2. The van der Waals surface area contributed by atoms with E-state index in [0.29, 0.717) is 6.42 Å². The second kappa shape index (κ2) is 6.22. The van der Waals surface area contributed by atoms with E-state index in [-0.39, 0.29) is 17.0 Å². The van der Waals surface area contributed by atoms with E-state index in [1.807, 2.05) is 0 Å². The molecule has 0 bridgehead atoms. The highest BCUT2D eigenvalue weighted by Gasteiger charge is 2.53. The van der Waals surface area contributed by atoms with Crippen LogP contribution in [0.25, 0.3) is 0 Å². The Balaban J connectivity index is 2.08. The smallest absolute Gasteiger partial charge is 0.154 e. The highest BCUT2D eigenvalue weighted by molar-refractivity contribution is 6.16. The highest BCUT2D eigenvalue weighted by Crippen LogP contribution is 2.51. The normalized spacial score (nSPS) is 23.7. The molecule has 2 aliphatic carbocycles. The quantitative estimate of drug-likeness (QED) is 0.758. The molecule has 0 aliphatic heterocycles. The SMILES string of the molecule is CCc1cc(C)cc(CC)c1C1C(=O)CC2(CCCCC2)C1=O. The monoisotopic (exact) mass is 312 g/mol. The fraction of sp³-hybridized carbons (Fsp3) is 0.619. The first-order valence-corrected chi connectivity index (χ1v) is 9.21. The third kappa shape index (κ3) is 2.66. The average molecular weight is 312 g/mol. The van der Waals surface area contributed by atoms with Gasteiger partial charge in [-0.25, -0.2) is 0 Å². The van der Waals surface area contributed by atoms with Crippen LogP contribution in [0.15, 0.2) is 12.1 Å². The molecule has 1 aromatic rings. The van der Waals surface area contributed by atoms with Crippen molar-refractivity contribution < 1.29 is 9.59 Å². The Morgan fingerprint density at radius 3 is 2.09 bits per heavy atom. The number of carbonyl (C=O) groups excluding carboxylic acids is 2. The molecule has 1 spiro atoms. The summed E-state index contributed by atoms with van der Waals surface area (Å²) in [6, 6.07) is 4.34. The molecule has 1 unspecified atom stereocenters. The van der Waals surface area contributed by atoms with Crippen molar-refractivity contribution in [3.63, 3.8) is 0 Å². The van der Waals surface area contributed by atoms with Crippen molar-refractivity contribution in [2.45, 2.75) is 78.1 Å². The summed E-state index contributed by atoms with van der Waals surface area (Å²) in [5, 5.41) is 0. The van der Waals surface area contributed by atoms with Crippen molar-refractivity contribution in [1.29, 1.82) is 0 Å². The van der Waals surface area contributed by atoms with E-state index < -0.39 is 5.92 Å². The molecule has 2 aliphatic rings. The van der Waals surface area contributed by atoms with Crippen LogP contribution >= 0.6 is 0 Å². The molecule has 2 nitrogen and oxygen atoms in total. The molecule has 124 valence electrons. The van der Waals surface area contributed by atoms with E-state index >= 15 is 0 Å². The molecule has 2 heteroatoms. The van der Waals surface area contributed by atoms with Crippen LogP contribution in [-0.2, 0) is 22.4 Å².